The van der Waals surface area contributed by atoms with Crippen molar-refractivity contribution in [3.63, 3.8) is 0 Å². The Morgan fingerprint density at radius 2 is 2.07 bits per heavy atom. The van der Waals surface area contributed by atoms with Crippen molar-refractivity contribution in [1.82, 2.24) is 0 Å². The zero-order chi connectivity index (χ0) is 10.8. The smallest absolute Gasteiger partial charge is 0.0748 e. The summed E-state index contributed by atoms with van der Waals surface area (Å²) >= 11 is 0. The molecule has 0 amide bonds. The highest BCUT2D eigenvalue weighted by Gasteiger charge is 2.23. The molecule has 0 unspecified atom stereocenters. The van der Waals surface area contributed by atoms with Crippen LogP contribution in [0.25, 0.3) is 0 Å². The van der Waals surface area contributed by atoms with E-state index in [1.165, 1.54) is 16.8 Å². The maximum absolute atomic E-state index is 5.53. The van der Waals surface area contributed by atoms with Gasteiger partial charge < -0.3 is 10.1 Å². The summed E-state index contributed by atoms with van der Waals surface area (Å²) in [6.45, 7) is 7.30. The van der Waals surface area contributed by atoms with Crippen molar-refractivity contribution in [3.05, 3.63) is 29.3 Å². The number of aryl methyl sites for hydroxylation is 2. The fourth-order valence-corrected chi connectivity index (χ4v) is 1.97. The Balaban J connectivity index is 2.07. The molecule has 1 aliphatic heterocycles. The normalized spacial score (nSPS) is 25.5. The lowest BCUT2D eigenvalue weighted by molar-refractivity contribution is 0.121. The molecule has 2 rings (SSSR count). The molecule has 1 aromatic rings. The van der Waals surface area contributed by atoms with Crippen molar-refractivity contribution in [3.8, 4) is 0 Å². The first-order chi connectivity index (χ1) is 7.16. The molecule has 15 heavy (non-hydrogen) atoms. The van der Waals surface area contributed by atoms with E-state index in [1.54, 1.807) is 0 Å². The zero-order valence-corrected chi connectivity index (χ0v) is 9.71. The van der Waals surface area contributed by atoms with Crippen LogP contribution < -0.4 is 5.32 Å². The Kier molecular flexibility index (Phi) is 2.96. The molecule has 0 saturated carbocycles. The van der Waals surface area contributed by atoms with Crippen LogP contribution in [0.2, 0.25) is 0 Å². The molecule has 1 saturated heterocycles. The lowest BCUT2D eigenvalue weighted by Gasteiger charge is -2.18. The third-order valence-corrected chi connectivity index (χ3v) is 3.24. The molecule has 0 radical (unpaired) electrons. The summed E-state index contributed by atoms with van der Waals surface area (Å²) in [7, 11) is 0. The predicted molar refractivity (Wildman–Crippen MR) is 63.4 cm³/mol. The summed E-state index contributed by atoms with van der Waals surface area (Å²) in [6.07, 6.45) is 1.43. The minimum atomic E-state index is 0.326. The number of hydrogen-bond acceptors (Lipinski definition) is 2. The van der Waals surface area contributed by atoms with Crippen LogP contribution in [-0.2, 0) is 4.74 Å². The van der Waals surface area contributed by atoms with E-state index in [1.807, 2.05) is 0 Å². The van der Waals surface area contributed by atoms with E-state index in [2.05, 4.69) is 44.3 Å². The summed E-state index contributed by atoms with van der Waals surface area (Å²) in [4.78, 5) is 0. The third kappa shape index (κ3) is 2.32. The monoisotopic (exact) mass is 205 g/mol. The number of anilines is 1. The molecule has 2 heteroatoms. The first kappa shape index (κ1) is 10.5. The van der Waals surface area contributed by atoms with Gasteiger partial charge in [-0.05, 0) is 50.5 Å². The number of nitrogens with one attached hydrogen (secondary N) is 1. The second-order valence-electron chi connectivity index (χ2n) is 4.41. The van der Waals surface area contributed by atoms with Gasteiger partial charge in [-0.2, -0.15) is 0 Å². The molecule has 1 aliphatic rings. The van der Waals surface area contributed by atoms with Crippen molar-refractivity contribution >= 4 is 5.69 Å². The number of ether oxygens (including phenoxy) is 1. The summed E-state index contributed by atoms with van der Waals surface area (Å²) in [5.41, 5.74) is 3.89. The highest BCUT2D eigenvalue weighted by Crippen LogP contribution is 2.20. The summed E-state index contributed by atoms with van der Waals surface area (Å²) < 4.78 is 5.53. The van der Waals surface area contributed by atoms with Crippen LogP contribution in [0.3, 0.4) is 0 Å². The van der Waals surface area contributed by atoms with Gasteiger partial charge in [0.15, 0.2) is 0 Å². The Bertz CT molecular complexity index is 348. The second-order valence-corrected chi connectivity index (χ2v) is 4.41. The summed E-state index contributed by atoms with van der Waals surface area (Å²) in [5, 5.41) is 3.53. The van der Waals surface area contributed by atoms with Gasteiger partial charge in [-0.15, -0.1) is 0 Å². The largest absolute Gasteiger partial charge is 0.380 e. The van der Waals surface area contributed by atoms with Crippen molar-refractivity contribution in [2.45, 2.75) is 39.3 Å². The topological polar surface area (TPSA) is 21.3 Å². The Hall–Kier alpha value is -1.02. The Labute approximate surface area is 91.6 Å². The molecule has 1 fully saturated rings. The molecule has 0 aliphatic carbocycles. The molecule has 1 heterocycles. The van der Waals surface area contributed by atoms with Crippen molar-refractivity contribution in [1.29, 1.82) is 0 Å². The minimum Gasteiger partial charge on any atom is -0.380 e. The van der Waals surface area contributed by atoms with Crippen LogP contribution in [0.4, 0.5) is 5.69 Å². The summed E-state index contributed by atoms with van der Waals surface area (Å²) in [5.74, 6) is 0. The van der Waals surface area contributed by atoms with Crippen LogP contribution in [-0.4, -0.2) is 18.8 Å². The van der Waals surface area contributed by atoms with Crippen LogP contribution >= 0.6 is 0 Å². The standard InChI is InChI=1S/C13H19NO/c1-9-4-5-12(8-10(9)2)14-13-6-7-15-11(13)3/h4-5,8,11,13-14H,6-7H2,1-3H3/t11-,13-/m0/s1. The van der Waals surface area contributed by atoms with Gasteiger partial charge in [0.1, 0.15) is 0 Å². The molecule has 0 bridgehead atoms. The van der Waals surface area contributed by atoms with Gasteiger partial charge in [0.2, 0.25) is 0 Å². The van der Waals surface area contributed by atoms with Crippen LogP contribution in [0.5, 0.6) is 0 Å². The number of hydrogen-bond donors (Lipinski definition) is 1. The van der Waals surface area contributed by atoms with Crippen LogP contribution in [0.15, 0.2) is 18.2 Å². The molecule has 1 N–H and O–H groups in total. The maximum Gasteiger partial charge on any atom is 0.0748 e. The highest BCUT2D eigenvalue weighted by molar-refractivity contribution is 5.49. The van der Waals surface area contributed by atoms with Crippen molar-refractivity contribution in [2.24, 2.45) is 0 Å². The molecule has 2 nitrogen and oxygen atoms in total. The molecule has 0 spiro atoms. The van der Waals surface area contributed by atoms with Gasteiger partial charge in [-0.1, -0.05) is 6.07 Å². The van der Waals surface area contributed by atoms with E-state index in [-0.39, 0.29) is 0 Å². The Morgan fingerprint density at radius 3 is 2.67 bits per heavy atom. The molecule has 0 aromatic heterocycles. The highest BCUT2D eigenvalue weighted by atomic mass is 16.5. The third-order valence-electron chi connectivity index (χ3n) is 3.24. The molecular weight excluding hydrogens is 186 g/mol. The molecular formula is C13H19NO. The maximum atomic E-state index is 5.53. The van der Waals surface area contributed by atoms with E-state index in [0.29, 0.717) is 12.1 Å². The minimum absolute atomic E-state index is 0.326. The van der Waals surface area contributed by atoms with Crippen LogP contribution in [0, 0.1) is 13.8 Å². The fourth-order valence-electron chi connectivity index (χ4n) is 1.97. The average Bonchev–Trinajstić information content (AvgIpc) is 2.59. The Morgan fingerprint density at radius 1 is 1.27 bits per heavy atom. The van der Waals surface area contributed by atoms with E-state index >= 15 is 0 Å². The molecule has 1 aromatic carbocycles. The van der Waals surface area contributed by atoms with E-state index in [0.717, 1.165) is 13.0 Å². The second kappa shape index (κ2) is 4.23. The lowest BCUT2D eigenvalue weighted by Crippen LogP contribution is -2.26. The molecule has 2 atom stereocenters. The van der Waals surface area contributed by atoms with Gasteiger partial charge in [-0.25, -0.2) is 0 Å². The van der Waals surface area contributed by atoms with Gasteiger partial charge >= 0.3 is 0 Å². The van der Waals surface area contributed by atoms with E-state index in [9.17, 15) is 0 Å². The van der Waals surface area contributed by atoms with E-state index < -0.39 is 0 Å². The van der Waals surface area contributed by atoms with Crippen molar-refractivity contribution < 1.29 is 4.74 Å². The van der Waals surface area contributed by atoms with Crippen molar-refractivity contribution in [2.75, 3.05) is 11.9 Å². The number of benzene rings is 1. The predicted octanol–water partition coefficient (Wildman–Crippen LogP) is 2.89. The quantitative estimate of drug-likeness (QED) is 0.801. The first-order valence-electron chi connectivity index (χ1n) is 5.62. The van der Waals surface area contributed by atoms with Gasteiger partial charge in [0, 0.05) is 12.3 Å². The average molecular weight is 205 g/mol. The lowest BCUT2D eigenvalue weighted by atomic mass is 10.1. The fraction of sp³-hybridized carbons (Fsp3) is 0.538. The zero-order valence-electron chi connectivity index (χ0n) is 9.71. The van der Waals surface area contributed by atoms with Gasteiger partial charge in [-0.3, -0.25) is 0 Å². The van der Waals surface area contributed by atoms with Gasteiger partial charge in [0.25, 0.3) is 0 Å². The first-order valence-corrected chi connectivity index (χ1v) is 5.62. The van der Waals surface area contributed by atoms with Gasteiger partial charge in [0.05, 0.1) is 12.1 Å². The molecule has 82 valence electrons. The SMILES string of the molecule is Cc1ccc(N[C@H]2CCO[C@H]2C)cc1C. The summed E-state index contributed by atoms with van der Waals surface area (Å²) in [6, 6.07) is 6.98. The van der Waals surface area contributed by atoms with Crippen LogP contribution in [0.1, 0.15) is 24.5 Å². The van der Waals surface area contributed by atoms with E-state index in [4.69, 9.17) is 4.74 Å². The number of rotatable bonds is 2.